The van der Waals surface area contributed by atoms with Gasteiger partial charge in [-0.3, -0.25) is 9.36 Å². The SMILES string of the molecule is Cc1ccc(-c2csc3ncn(CCCCOc4ccccc4)c(=O)c23)cc1. The average molecular weight is 391 g/mol. The predicted molar refractivity (Wildman–Crippen MR) is 115 cm³/mol. The van der Waals surface area contributed by atoms with Gasteiger partial charge in [-0.25, -0.2) is 4.98 Å². The lowest BCUT2D eigenvalue weighted by molar-refractivity contribution is 0.303. The van der Waals surface area contributed by atoms with E-state index >= 15 is 0 Å². The number of rotatable bonds is 7. The summed E-state index contributed by atoms with van der Waals surface area (Å²) in [5.41, 5.74) is 3.27. The molecular formula is C23H22N2O2S. The number of aryl methyl sites for hydroxylation is 2. The molecule has 0 aliphatic carbocycles. The van der Waals surface area contributed by atoms with Crippen LogP contribution >= 0.6 is 11.3 Å². The van der Waals surface area contributed by atoms with Gasteiger partial charge in [0.25, 0.3) is 5.56 Å². The molecule has 5 heteroatoms. The van der Waals surface area contributed by atoms with Gasteiger partial charge >= 0.3 is 0 Å². The molecule has 0 aliphatic rings. The standard InChI is InChI=1S/C23H22N2O2S/c1-17-9-11-18(12-10-17)20-15-28-22-21(20)23(26)25(16-24-22)13-5-6-14-27-19-7-3-2-4-8-19/h2-4,7-12,15-16H,5-6,13-14H2,1H3. The molecule has 0 atom stereocenters. The van der Waals surface area contributed by atoms with E-state index in [2.05, 4.69) is 36.2 Å². The van der Waals surface area contributed by atoms with Crippen LogP contribution in [-0.4, -0.2) is 16.2 Å². The van der Waals surface area contributed by atoms with Crippen LogP contribution in [0.3, 0.4) is 0 Å². The molecule has 0 radical (unpaired) electrons. The highest BCUT2D eigenvalue weighted by atomic mass is 32.1. The first-order valence-electron chi connectivity index (χ1n) is 9.44. The van der Waals surface area contributed by atoms with Crippen LogP contribution in [0.4, 0.5) is 0 Å². The highest BCUT2D eigenvalue weighted by molar-refractivity contribution is 7.17. The van der Waals surface area contributed by atoms with E-state index in [1.54, 1.807) is 10.9 Å². The Labute approximate surface area is 168 Å². The Balaban J connectivity index is 1.46. The van der Waals surface area contributed by atoms with Gasteiger partial charge in [-0.1, -0.05) is 48.0 Å². The molecule has 2 aromatic heterocycles. The Morgan fingerprint density at radius 1 is 1.04 bits per heavy atom. The lowest BCUT2D eigenvalue weighted by atomic mass is 10.1. The van der Waals surface area contributed by atoms with E-state index in [0.717, 1.165) is 39.9 Å². The van der Waals surface area contributed by atoms with E-state index < -0.39 is 0 Å². The Morgan fingerprint density at radius 3 is 2.61 bits per heavy atom. The summed E-state index contributed by atoms with van der Waals surface area (Å²) < 4.78 is 7.43. The first kappa shape index (κ1) is 18.4. The summed E-state index contributed by atoms with van der Waals surface area (Å²) in [5, 5.41) is 2.75. The number of fused-ring (bicyclic) bond motifs is 1. The van der Waals surface area contributed by atoms with Crippen LogP contribution < -0.4 is 10.3 Å². The van der Waals surface area contributed by atoms with Crippen molar-refractivity contribution in [2.45, 2.75) is 26.3 Å². The number of para-hydroxylation sites is 1. The lowest BCUT2D eigenvalue weighted by Gasteiger charge is -2.08. The van der Waals surface area contributed by atoms with Crippen molar-refractivity contribution in [3.8, 4) is 16.9 Å². The topological polar surface area (TPSA) is 44.1 Å². The molecule has 0 saturated carbocycles. The van der Waals surface area contributed by atoms with Crippen LogP contribution in [0.25, 0.3) is 21.3 Å². The molecule has 28 heavy (non-hydrogen) atoms. The van der Waals surface area contributed by atoms with Crippen molar-refractivity contribution >= 4 is 21.6 Å². The van der Waals surface area contributed by atoms with Gasteiger partial charge in [0.1, 0.15) is 10.6 Å². The quantitative estimate of drug-likeness (QED) is 0.403. The number of hydrogen-bond donors (Lipinski definition) is 0. The minimum absolute atomic E-state index is 0.0332. The molecule has 4 nitrogen and oxygen atoms in total. The molecule has 0 aliphatic heterocycles. The summed E-state index contributed by atoms with van der Waals surface area (Å²) in [6, 6.07) is 18.1. The third-order valence-electron chi connectivity index (χ3n) is 4.73. The van der Waals surface area contributed by atoms with E-state index in [0.29, 0.717) is 13.2 Å². The highest BCUT2D eigenvalue weighted by Gasteiger charge is 2.13. The fourth-order valence-electron chi connectivity index (χ4n) is 3.16. The maximum absolute atomic E-state index is 13.0. The van der Waals surface area contributed by atoms with Crippen LogP contribution in [0.5, 0.6) is 5.75 Å². The molecule has 0 amide bonds. The first-order chi connectivity index (χ1) is 13.7. The van der Waals surface area contributed by atoms with E-state index in [9.17, 15) is 4.79 Å². The second-order valence-corrected chi connectivity index (χ2v) is 7.67. The summed E-state index contributed by atoms with van der Waals surface area (Å²) in [6.07, 6.45) is 3.41. The molecular weight excluding hydrogens is 368 g/mol. The molecule has 0 unspecified atom stereocenters. The number of benzene rings is 2. The predicted octanol–water partition coefficient (Wildman–Crippen LogP) is 5.29. The summed E-state index contributed by atoms with van der Waals surface area (Å²) in [5.74, 6) is 0.878. The largest absolute Gasteiger partial charge is 0.494 e. The van der Waals surface area contributed by atoms with Crippen LogP contribution in [0.15, 0.2) is 71.1 Å². The second-order valence-electron chi connectivity index (χ2n) is 6.81. The van der Waals surface area contributed by atoms with Crippen molar-refractivity contribution in [1.82, 2.24) is 9.55 Å². The fraction of sp³-hybridized carbons (Fsp3) is 0.217. The molecule has 2 heterocycles. The third kappa shape index (κ3) is 3.99. The third-order valence-corrected chi connectivity index (χ3v) is 5.61. The number of hydrogen-bond acceptors (Lipinski definition) is 4. The van der Waals surface area contributed by atoms with Crippen molar-refractivity contribution in [3.63, 3.8) is 0 Å². The monoisotopic (exact) mass is 390 g/mol. The molecule has 4 rings (SSSR count). The molecule has 0 bridgehead atoms. The zero-order valence-corrected chi connectivity index (χ0v) is 16.6. The molecule has 0 spiro atoms. The first-order valence-corrected chi connectivity index (χ1v) is 10.3. The van der Waals surface area contributed by atoms with E-state index in [-0.39, 0.29) is 5.56 Å². The average Bonchev–Trinajstić information content (AvgIpc) is 3.16. The normalized spacial score (nSPS) is 11.0. The van der Waals surface area contributed by atoms with Gasteiger partial charge in [0.15, 0.2) is 0 Å². The van der Waals surface area contributed by atoms with E-state index in [1.807, 2.05) is 35.7 Å². The minimum Gasteiger partial charge on any atom is -0.494 e. The Hall–Kier alpha value is -2.92. The van der Waals surface area contributed by atoms with Crippen LogP contribution in [0, 0.1) is 6.92 Å². The maximum Gasteiger partial charge on any atom is 0.262 e. The Kier molecular flexibility index (Phi) is 5.53. The number of ether oxygens (including phenoxy) is 1. The molecule has 4 aromatic rings. The van der Waals surface area contributed by atoms with Gasteiger partial charge in [0.2, 0.25) is 0 Å². The van der Waals surface area contributed by atoms with Crippen LogP contribution in [0.2, 0.25) is 0 Å². The number of aromatic nitrogens is 2. The van der Waals surface area contributed by atoms with Crippen molar-refractivity contribution in [3.05, 3.63) is 82.2 Å². The maximum atomic E-state index is 13.0. The van der Waals surface area contributed by atoms with Gasteiger partial charge in [-0.05, 0) is 37.5 Å². The fourth-order valence-corrected chi connectivity index (χ4v) is 4.07. The van der Waals surface area contributed by atoms with Gasteiger partial charge in [-0.2, -0.15) is 0 Å². The number of nitrogens with zero attached hydrogens (tertiary/aromatic N) is 2. The van der Waals surface area contributed by atoms with Gasteiger partial charge < -0.3 is 4.74 Å². The van der Waals surface area contributed by atoms with Crippen molar-refractivity contribution in [1.29, 1.82) is 0 Å². The highest BCUT2D eigenvalue weighted by Crippen LogP contribution is 2.30. The van der Waals surface area contributed by atoms with Crippen molar-refractivity contribution in [2.75, 3.05) is 6.61 Å². The Morgan fingerprint density at radius 2 is 1.82 bits per heavy atom. The molecule has 2 aromatic carbocycles. The van der Waals surface area contributed by atoms with Crippen molar-refractivity contribution in [2.24, 2.45) is 0 Å². The van der Waals surface area contributed by atoms with Crippen LogP contribution in [-0.2, 0) is 6.54 Å². The van der Waals surface area contributed by atoms with Crippen LogP contribution in [0.1, 0.15) is 18.4 Å². The van der Waals surface area contributed by atoms with Gasteiger partial charge in [0, 0.05) is 17.5 Å². The van der Waals surface area contributed by atoms with Gasteiger partial charge in [0.05, 0.1) is 18.3 Å². The second kappa shape index (κ2) is 8.40. The smallest absolute Gasteiger partial charge is 0.262 e. The minimum atomic E-state index is 0.0332. The number of thiophene rings is 1. The molecule has 0 N–H and O–H groups in total. The zero-order chi connectivity index (χ0) is 19.3. The molecule has 0 fully saturated rings. The van der Waals surface area contributed by atoms with E-state index in [4.69, 9.17) is 4.74 Å². The Bertz CT molecular complexity index is 1120. The lowest BCUT2D eigenvalue weighted by Crippen LogP contribution is -2.20. The van der Waals surface area contributed by atoms with Crippen molar-refractivity contribution < 1.29 is 4.74 Å². The van der Waals surface area contributed by atoms with Gasteiger partial charge in [-0.15, -0.1) is 11.3 Å². The summed E-state index contributed by atoms with van der Waals surface area (Å²) in [4.78, 5) is 18.3. The zero-order valence-electron chi connectivity index (χ0n) is 15.8. The summed E-state index contributed by atoms with van der Waals surface area (Å²) in [6.45, 7) is 3.34. The molecule has 142 valence electrons. The summed E-state index contributed by atoms with van der Waals surface area (Å²) >= 11 is 1.52. The summed E-state index contributed by atoms with van der Waals surface area (Å²) in [7, 11) is 0. The number of unbranched alkanes of at least 4 members (excludes halogenated alkanes) is 1. The molecule has 0 saturated heterocycles. The van der Waals surface area contributed by atoms with E-state index in [1.165, 1.54) is 16.9 Å².